The third-order valence-electron chi connectivity index (χ3n) is 7.67. The van der Waals surface area contributed by atoms with Gasteiger partial charge in [-0.05, 0) is 61.2 Å². The SMILES string of the molecule is C=CC1CC(/C=C2\CC3CC2C(C)C3CCCC)C2C(=O)OC(=O)C12. The number of carbonyl (C=O) groups excluding carboxylic acids is 2. The lowest BCUT2D eigenvalue weighted by Crippen LogP contribution is -2.23. The predicted octanol–water partition coefficient (Wildman–Crippen LogP) is 4.53. The van der Waals surface area contributed by atoms with Crippen LogP contribution in [0.15, 0.2) is 24.3 Å². The first kappa shape index (κ1) is 17.1. The van der Waals surface area contributed by atoms with E-state index in [1.54, 1.807) is 5.57 Å². The van der Waals surface area contributed by atoms with E-state index >= 15 is 0 Å². The Morgan fingerprint density at radius 3 is 2.52 bits per heavy atom. The molecule has 1 saturated heterocycles. The van der Waals surface area contributed by atoms with Crippen LogP contribution >= 0.6 is 0 Å². The second-order valence-electron chi connectivity index (χ2n) is 8.80. The van der Waals surface area contributed by atoms with Gasteiger partial charge in [-0.3, -0.25) is 9.59 Å². The van der Waals surface area contributed by atoms with Gasteiger partial charge in [-0.25, -0.2) is 0 Å². The number of ether oxygens (including phenoxy) is 1. The van der Waals surface area contributed by atoms with E-state index in [0.717, 1.165) is 24.2 Å². The van der Waals surface area contributed by atoms with E-state index in [1.807, 2.05) is 6.08 Å². The van der Waals surface area contributed by atoms with Gasteiger partial charge in [-0.1, -0.05) is 44.4 Å². The lowest BCUT2D eigenvalue weighted by molar-refractivity contribution is -0.154. The van der Waals surface area contributed by atoms with Gasteiger partial charge in [0, 0.05) is 0 Å². The Hall–Kier alpha value is -1.38. The number of rotatable bonds is 5. The van der Waals surface area contributed by atoms with Gasteiger partial charge < -0.3 is 4.74 Å². The van der Waals surface area contributed by atoms with Crippen molar-refractivity contribution in [2.45, 2.75) is 52.4 Å². The number of fused-ring (bicyclic) bond motifs is 3. The second kappa shape index (κ2) is 6.41. The van der Waals surface area contributed by atoms with E-state index in [0.29, 0.717) is 5.92 Å². The van der Waals surface area contributed by atoms with Gasteiger partial charge in [-0.15, -0.1) is 6.58 Å². The molecule has 0 aromatic carbocycles. The standard InChI is InChI=1S/C22H30O3/c1-4-6-7-17-12(3)18-11-15(17)9-14(18)10-16-8-13(5-2)19-20(16)22(24)25-21(19)23/h5,10,12-13,15-20H,2,4,6-9,11H2,1,3H3/b14-10+. The molecule has 0 amide bonds. The van der Waals surface area contributed by atoms with Gasteiger partial charge in [-0.2, -0.15) is 0 Å². The Balaban J connectivity index is 1.52. The average Bonchev–Trinajstić information content (AvgIpc) is 3.29. The van der Waals surface area contributed by atoms with Crippen LogP contribution in [0.4, 0.5) is 0 Å². The number of carbonyl (C=O) groups is 2. The quantitative estimate of drug-likeness (QED) is 0.419. The summed E-state index contributed by atoms with van der Waals surface area (Å²) in [6, 6.07) is 0. The molecule has 2 bridgehead atoms. The van der Waals surface area contributed by atoms with Gasteiger partial charge in [0.1, 0.15) is 0 Å². The molecule has 0 N–H and O–H groups in total. The minimum Gasteiger partial charge on any atom is -0.393 e. The molecule has 136 valence electrons. The molecular weight excluding hydrogens is 312 g/mol. The Labute approximate surface area is 150 Å². The number of unbranched alkanes of at least 4 members (excludes halogenated alkanes) is 1. The Morgan fingerprint density at radius 1 is 1.16 bits per heavy atom. The largest absolute Gasteiger partial charge is 0.393 e. The lowest BCUT2D eigenvalue weighted by atomic mass is 9.74. The van der Waals surface area contributed by atoms with Crippen molar-refractivity contribution < 1.29 is 14.3 Å². The molecule has 3 saturated carbocycles. The monoisotopic (exact) mass is 342 g/mol. The van der Waals surface area contributed by atoms with Crippen molar-refractivity contribution in [2.75, 3.05) is 0 Å². The number of hydrogen-bond acceptors (Lipinski definition) is 3. The summed E-state index contributed by atoms with van der Waals surface area (Å²) in [5.41, 5.74) is 1.56. The molecule has 1 heterocycles. The molecule has 3 heteroatoms. The van der Waals surface area contributed by atoms with Crippen LogP contribution in [-0.2, 0) is 14.3 Å². The Bertz CT molecular complexity index is 617. The molecule has 0 aromatic heterocycles. The Kier molecular flexibility index (Phi) is 4.37. The molecule has 4 aliphatic rings. The molecular formula is C22H30O3. The molecule has 4 fully saturated rings. The van der Waals surface area contributed by atoms with Gasteiger partial charge in [0.25, 0.3) is 0 Å². The molecule has 4 rings (SSSR count). The van der Waals surface area contributed by atoms with E-state index < -0.39 is 0 Å². The van der Waals surface area contributed by atoms with Crippen molar-refractivity contribution in [1.82, 2.24) is 0 Å². The van der Waals surface area contributed by atoms with Crippen molar-refractivity contribution in [3.8, 4) is 0 Å². The van der Waals surface area contributed by atoms with Gasteiger partial charge >= 0.3 is 11.9 Å². The minimum atomic E-state index is -0.332. The smallest absolute Gasteiger partial charge is 0.318 e. The van der Waals surface area contributed by atoms with Crippen molar-refractivity contribution in [2.24, 2.45) is 47.3 Å². The van der Waals surface area contributed by atoms with Crippen LogP contribution in [0, 0.1) is 47.3 Å². The Morgan fingerprint density at radius 2 is 1.88 bits per heavy atom. The van der Waals surface area contributed by atoms with E-state index in [1.165, 1.54) is 32.1 Å². The molecule has 8 unspecified atom stereocenters. The summed E-state index contributed by atoms with van der Waals surface area (Å²) in [5.74, 6) is 2.22. The third kappa shape index (κ3) is 2.62. The predicted molar refractivity (Wildman–Crippen MR) is 96.3 cm³/mol. The van der Waals surface area contributed by atoms with Gasteiger partial charge in [0.05, 0.1) is 11.8 Å². The summed E-state index contributed by atoms with van der Waals surface area (Å²) in [7, 11) is 0. The van der Waals surface area contributed by atoms with Crippen LogP contribution in [-0.4, -0.2) is 11.9 Å². The molecule has 0 spiro atoms. The van der Waals surface area contributed by atoms with E-state index in [2.05, 4.69) is 26.5 Å². The summed E-state index contributed by atoms with van der Waals surface area (Å²) in [5, 5.41) is 0. The number of hydrogen-bond donors (Lipinski definition) is 0. The maximum Gasteiger partial charge on any atom is 0.318 e. The first-order chi connectivity index (χ1) is 12.0. The fourth-order valence-corrected chi connectivity index (χ4v) is 6.46. The van der Waals surface area contributed by atoms with Crippen LogP contribution in [0.2, 0.25) is 0 Å². The van der Waals surface area contributed by atoms with Gasteiger partial charge in [0.15, 0.2) is 0 Å². The maximum atomic E-state index is 12.2. The van der Waals surface area contributed by atoms with Crippen LogP contribution in [0.25, 0.3) is 0 Å². The topological polar surface area (TPSA) is 43.4 Å². The van der Waals surface area contributed by atoms with Crippen molar-refractivity contribution >= 4 is 11.9 Å². The van der Waals surface area contributed by atoms with Crippen LogP contribution in [0.5, 0.6) is 0 Å². The van der Waals surface area contributed by atoms with Crippen molar-refractivity contribution in [3.63, 3.8) is 0 Å². The summed E-state index contributed by atoms with van der Waals surface area (Å²) in [4.78, 5) is 24.2. The summed E-state index contributed by atoms with van der Waals surface area (Å²) < 4.78 is 4.94. The average molecular weight is 342 g/mol. The maximum absolute atomic E-state index is 12.2. The van der Waals surface area contributed by atoms with E-state index in [4.69, 9.17) is 4.74 Å². The zero-order valence-corrected chi connectivity index (χ0v) is 15.4. The highest BCUT2D eigenvalue weighted by atomic mass is 16.6. The van der Waals surface area contributed by atoms with Crippen molar-refractivity contribution in [3.05, 3.63) is 24.3 Å². The van der Waals surface area contributed by atoms with E-state index in [9.17, 15) is 9.59 Å². The number of cyclic esters (lactones) is 2. The third-order valence-corrected chi connectivity index (χ3v) is 7.67. The normalized spacial score (nSPS) is 46.7. The van der Waals surface area contributed by atoms with Crippen LogP contribution in [0.3, 0.4) is 0 Å². The summed E-state index contributed by atoms with van der Waals surface area (Å²) in [6.45, 7) is 8.58. The highest BCUT2D eigenvalue weighted by molar-refractivity contribution is 5.97. The fourth-order valence-electron chi connectivity index (χ4n) is 6.46. The second-order valence-corrected chi connectivity index (χ2v) is 8.80. The first-order valence-electron chi connectivity index (χ1n) is 10.1. The van der Waals surface area contributed by atoms with Crippen molar-refractivity contribution in [1.29, 1.82) is 0 Å². The van der Waals surface area contributed by atoms with E-state index in [-0.39, 0.29) is 35.6 Å². The number of allylic oxidation sites excluding steroid dienone is 3. The minimum absolute atomic E-state index is 0.0825. The summed E-state index contributed by atoms with van der Waals surface area (Å²) in [6.07, 6.45) is 11.6. The highest BCUT2D eigenvalue weighted by Gasteiger charge is 2.56. The molecule has 1 aliphatic heterocycles. The molecule has 25 heavy (non-hydrogen) atoms. The molecule has 0 radical (unpaired) electrons. The van der Waals surface area contributed by atoms with Gasteiger partial charge in [0.2, 0.25) is 0 Å². The zero-order valence-electron chi connectivity index (χ0n) is 15.4. The zero-order chi connectivity index (χ0) is 17.7. The molecule has 3 aliphatic carbocycles. The lowest BCUT2D eigenvalue weighted by Gasteiger charge is -2.31. The summed E-state index contributed by atoms with van der Waals surface area (Å²) >= 11 is 0. The van der Waals surface area contributed by atoms with Crippen LogP contribution in [0.1, 0.15) is 52.4 Å². The highest BCUT2D eigenvalue weighted by Crippen LogP contribution is 2.57. The first-order valence-corrected chi connectivity index (χ1v) is 10.1. The fraction of sp³-hybridized carbons (Fsp3) is 0.727. The molecule has 0 aromatic rings. The molecule has 8 atom stereocenters. The molecule has 3 nitrogen and oxygen atoms in total. The van der Waals surface area contributed by atoms with Crippen LogP contribution < -0.4 is 0 Å². The number of esters is 2.